The molecule has 1 rings (SSSR count). The Balaban J connectivity index is 0.000001000. The molecule has 0 heterocycles. The molecule has 0 aliphatic heterocycles. The molecule has 1 aromatic carbocycles. The van der Waals surface area contributed by atoms with Crippen LogP contribution in [0.2, 0.25) is 0 Å². The maximum absolute atomic E-state index is 12.4. The van der Waals surface area contributed by atoms with Crippen molar-refractivity contribution in [3.63, 3.8) is 0 Å². The Morgan fingerprint density at radius 1 is 1.45 bits per heavy atom. The van der Waals surface area contributed by atoms with Gasteiger partial charge in [-0.2, -0.15) is 0 Å². The summed E-state index contributed by atoms with van der Waals surface area (Å²) in [6, 6.07) is 4.63. The predicted molar refractivity (Wildman–Crippen MR) is 45.8 cm³/mol. The first kappa shape index (κ1) is 10.1. The molecule has 0 saturated heterocycles. The van der Waals surface area contributed by atoms with Gasteiger partial charge in [0.15, 0.2) is 0 Å². The standard InChI is InChI=1S/C8H10FN.CH4/c1-6-4-8(9)3-2-7(6)5-10;/h2-4H,5,10H2,1H3;1H4. The number of nitrogens with two attached hydrogens (primary N) is 1. The number of aryl methyl sites for hydroxylation is 1. The van der Waals surface area contributed by atoms with Crippen molar-refractivity contribution in [2.45, 2.75) is 20.9 Å². The van der Waals surface area contributed by atoms with Gasteiger partial charge in [-0.05, 0) is 30.2 Å². The molecule has 0 fully saturated rings. The van der Waals surface area contributed by atoms with Gasteiger partial charge in [0.05, 0.1) is 0 Å². The average molecular weight is 155 g/mol. The molecule has 11 heavy (non-hydrogen) atoms. The second-order valence-corrected chi connectivity index (χ2v) is 2.27. The third-order valence-electron chi connectivity index (χ3n) is 1.52. The first-order chi connectivity index (χ1) is 4.74. The largest absolute Gasteiger partial charge is 0.326 e. The molecule has 0 unspecified atom stereocenters. The quantitative estimate of drug-likeness (QED) is 0.661. The molecule has 0 spiro atoms. The maximum atomic E-state index is 12.4. The smallest absolute Gasteiger partial charge is 0.123 e. The summed E-state index contributed by atoms with van der Waals surface area (Å²) >= 11 is 0. The van der Waals surface area contributed by atoms with Gasteiger partial charge in [0.25, 0.3) is 0 Å². The molecule has 2 N–H and O–H groups in total. The topological polar surface area (TPSA) is 26.0 Å². The number of halogens is 1. The second kappa shape index (κ2) is 4.09. The van der Waals surface area contributed by atoms with Crippen LogP contribution in [-0.4, -0.2) is 0 Å². The van der Waals surface area contributed by atoms with Gasteiger partial charge < -0.3 is 5.73 Å². The average Bonchev–Trinajstić information content (AvgIpc) is 1.88. The lowest BCUT2D eigenvalue weighted by Gasteiger charge is -2.00. The van der Waals surface area contributed by atoms with Crippen LogP contribution in [0.4, 0.5) is 4.39 Å². The molecule has 1 aromatic rings. The van der Waals surface area contributed by atoms with Crippen molar-refractivity contribution in [2.24, 2.45) is 5.73 Å². The lowest BCUT2D eigenvalue weighted by atomic mass is 10.1. The molecule has 0 saturated carbocycles. The minimum atomic E-state index is -0.199. The van der Waals surface area contributed by atoms with E-state index in [4.69, 9.17) is 5.73 Å². The molecule has 0 radical (unpaired) electrons. The summed E-state index contributed by atoms with van der Waals surface area (Å²) in [5.74, 6) is -0.199. The summed E-state index contributed by atoms with van der Waals surface area (Å²) in [6.07, 6.45) is 0. The molecule has 0 atom stereocenters. The molecule has 0 aromatic heterocycles. The summed E-state index contributed by atoms with van der Waals surface area (Å²) in [5, 5.41) is 0. The third kappa shape index (κ3) is 2.31. The minimum absolute atomic E-state index is 0. The maximum Gasteiger partial charge on any atom is 0.123 e. The molecule has 0 aliphatic rings. The van der Waals surface area contributed by atoms with E-state index in [1.54, 1.807) is 6.07 Å². The van der Waals surface area contributed by atoms with Crippen LogP contribution in [0.5, 0.6) is 0 Å². The zero-order valence-corrected chi connectivity index (χ0v) is 5.89. The predicted octanol–water partition coefficient (Wildman–Crippen LogP) is 2.23. The van der Waals surface area contributed by atoms with Crippen molar-refractivity contribution >= 4 is 0 Å². The zero-order valence-electron chi connectivity index (χ0n) is 5.89. The number of hydrogen-bond acceptors (Lipinski definition) is 1. The Morgan fingerprint density at radius 3 is 2.55 bits per heavy atom. The molecule has 0 amide bonds. The molecule has 2 heteroatoms. The Hall–Kier alpha value is -0.890. The summed E-state index contributed by atoms with van der Waals surface area (Å²) in [7, 11) is 0. The normalized spacial score (nSPS) is 9.00. The van der Waals surface area contributed by atoms with Crippen LogP contribution in [0, 0.1) is 12.7 Å². The highest BCUT2D eigenvalue weighted by Crippen LogP contribution is 2.08. The van der Waals surface area contributed by atoms with Gasteiger partial charge in [-0.3, -0.25) is 0 Å². The Kier molecular flexibility index (Phi) is 3.76. The van der Waals surface area contributed by atoms with Crippen LogP contribution < -0.4 is 5.73 Å². The van der Waals surface area contributed by atoms with Gasteiger partial charge in [-0.1, -0.05) is 13.5 Å². The summed E-state index contributed by atoms with van der Waals surface area (Å²) in [6.45, 7) is 2.33. The van der Waals surface area contributed by atoms with Gasteiger partial charge in [-0.15, -0.1) is 0 Å². The summed E-state index contributed by atoms with van der Waals surface area (Å²) in [4.78, 5) is 0. The van der Waals surface area contributed by atoms with Crippen LogP contribution >= 0.6 is 0 Å². The lowest BCUT2D eigenvalue weighted by molar-refractivity contribution is 0.625. The highest BCUT2D eigenvalue weighted by atomic mass is 19.1. The van der Waals surface area contributed by atoms with Gasteiger partial charge in [0, 0.05) is 6.54 Å². The SMILES string of the molecule is C.Cc1cc(F)ccc1CN. The third-order valence-corrected chi connectivity index (χ3v) is 1.52. The van der Waals surface area contributed by atoms with Crippen molar-refractivity contribution in [1.82, 2.24) is 0 Å². The zero-order chi connectivity index (χ0) is 7.56. The van der Waals surface area contributed by atoms with E-state index in [1.165, 1.54) is 12.1 Å². The molecule has 0 bridgehead atoms. The molecule has 0 aliphatic carbocycles. The van der Waals surface area contributed by atoms with Crippen molar-refractivity contribution in [1.29, 1.82) is 0 Å². The van der Waals surface area contributed by atoms with E-state index in [0.717, 1.165) is 11.1 Å². The molecule has 1 nitrogen and oxygen atoms in total. The number of benzene rings is 1. The second-order valence-electron chi connectivity index (χ2n) is 2.27. The van der Waals surface area contributed by atoms with Crippen LogP contribution in [0.15, 0.2) is 18.2 Å². The van der Waals surface area contributed by atoms with Gasteiger partial charge in [0.2, 0.25) is 0 Å². The molecular formula is C9H14FN. The van der Waals surface area contributed by atoms with Crippen LogP contribution in [0.1, 0.15) is 18.6 Å². The minimum Gasteiger partial charge on any atom is -0.326 e. The van der Waals surface area contributed by atoms with E-state index >= 15 is 0 Å². The fourth-order valence-corrected chi connectivity index (χ4v) is 0.888. The van der Waals surface area contributed by atoms with Crippen LogP contribution in [-0.2, 0) is 6.54 Å². The van der Waals surface area contributed by atoms with E-state index in [2.05, 4.69) is 0 Å². The van der Waals surface area contributed by atoms with Gasteiger partial charge >= 0.3 is 0 Å². The van der Waals surface area contributed by atoms with Crippen molar-refractivity contribution in [3.05, 3.63) is 35.1 Å². The fraction of sp³-hybridized carbons (Fsp3) is 0.333. The van der Waals surface area contributed by atoms with E-state index in [-0.39, 0.29) is 13.2 Å². The molecule has 62 valence electrons. The van der Waals surface area contributed by atoms with Crippen LogP contribution in [0.3, 0.4) is 0 Å². The van der Waals surface area contributed by atoms with Crippen molar-refractivity contribution in [3.8, 4) is 0 Å². The monoisotopic (exact) mass is 155 g/mol. The fourth-order valence-electron chi connectivity index (χ4n) is 0.888. The Labute approximate surface area is 67.0 Å². The van der Waals surface area contributed by atoms with E-state index in [9.17, 15) is 4.39 Å². The number of rotatable bonds is 1. The first-order valence-electron chi connectivity index (χ1n) is 3.19. The van der Waals surface area contributed by atoms with E-state index < -0.39 is 0 Å². The van der Waals surface area contributed by atoms with Crippen LogP contribution in [0.25, 0.3) is 0 Å². The highest BCUT2D eigenvalue weighted by molar-refractivity contribution is 5.25. The number of hydrogen-bond donors (Lipinski definition) is 1. The molecular weight excluding hydrogens is 141 g/mol. The first-order valence-corrected chi connectivity index (χ1v) is 3.19. The highest BCUT2D eigenvalue weighted by Gasteiger charge is 1.95. The van der Waals surface area contributed by atoms with Gasteiger partial charge in [0.1, 0.15) is 5.82 Å². The summed E-state index contributed by atoms with van der Waals surface area (Å²) in [5.41, 5.74) is 7.30. The van der Waals surface area contributed by atoms with Gasteiger partial charge in [-0.25, -0.2) is 4.39 Å². The Bertz CT molecular complexity index is 233. The Morgan fingerprint density at radius 2 is 2.09 bits per heavy atom. The summed E-state index contributed by atoms with van der Waals surface area (Å²) < 4.78 is 12.4. The van der Waals surface area contributed by atoms with E-state index in [1.807, 2.05) is 6.92 Å². The van der Waals surface area contributed by atoms with Crippen molar-refractivity contribution < 1.29 is 4.39 Å². The van der Waals surface area contributed by atoms with E-state index in [0.29, 0.717) is 6.54 Å². The van der Waals surface area contributed by atoms with Crippen molar-refractivity contribution in [2.75, 3.05) is 0 Å². The lowest BCUT2D eigenvalue weighted by Crippen LogP contribution is -1.98.